The van der Waals surface area contributed by atoms with E-state index in [0.29, 0.717) is 5.69 Å². The summed E-state index contributed by atoms with van der Waals surface area (Å²) < 4.78 is 0. The zero-order chi connectivity index (χ0) is 17.5. The Kier molecular flexibility index (Phi) is 6.18. The third-order valence-electron chi connectivity index (χ3n) is 3.69. The highest BCUT2D eigenvalue weighted by molar-refractivity contribution is 5.89. The SMILES string of the molecule is CCc1cccc(CC)c1Nc1ccc(NC(=O)NC(C)C)cn1. The van der Waals surface area contributed by atoms with Crippen molar-refractivity contribution in [2.24, 2.45) is 0 Å². The van der Waals surface area contributed by atoms with E-state index in [1.165, 1.54) is 11.1 Å². The van der Waals surface area contributed by atoms with Crippen molar-refractivity contribution in [3.05, 3.63) is 47.7 Å². The van der Waals surface area contributed by atoms with Crippen molar-refractivity contribution in [2.75, 3.05) is 10.6 Å². The number of aromatic nitrogens is 1. The maximum atomic E-state index is 11.7. The Morgan fingerprint density at radius 1 is 1.08 bits per heavy atom. The summed E-state index contributed by atoms with van der Waals surface area (Å²) in [4.78, 5) is 16.1. The maximum absolute atomic E-state index is 11.7. The molecule has 0 aliphatic carbocycles. The number of aryl methyl sites for hydroxylation is 2. The van der Waals surface area contributed by atoms with Crippen molar-refractivity contribution in [3.8, 4) is 0 Å². The van der Waals surface area contributed by atoms with Crippen LogP contribution >= 0.6 is 0 Å². The van der Waals surface area contributed by atoms with E-state index < -0.39 is 0 Å². The minimum atomic E-state index is -0.225. The van der Waals surface area contributed by atoms with Gasteiger partial charge in [-0.05, 0) is 49.9 Å². The molecule has 0 spiro atoms. The van der Waals surface area contributed by atoms with Crippen molar-refractivity contribution in [1.29, 1.82) is 0 Å². The van der Waals surface area contributed by atoms with E-state index in [9.17, 15) is 4.79 Å². The molecule has 2 rings (SSSR count). The third kappa shape index (κ3) is 4.72. The standard InChI is InChI=1S/C19H26N4O/c1-5-14-8-7-9-15(6-2)18(14)23-17-11-10-16(12-20-17)22-19(24)21-13(3)4/h7-13H,5-6H2,1-4H3,(H,20,23)(H2,21,22,24). The van der Waals surface area contributed by atoms with Gasteiger partial charge in [0.15, 0.2) is 0 Å². The fourth-order valence-electron chi connectivity index (χ4n) is 2.50. The van der Waals surface area contributed by atoms with Crippen LogP contribution in [0.3, 0.4) is 0 Å². The summed E-state index contributed by atoms with van der Waals surface area (Å²) >= 11 is 0. The molecule has 1 heterocycles. The Labute approximate surface area is 143 Å². The van der Waals surface area contributed by atoms with E-state index in [1.54, 1.807) is 6.20 Å². The van der Waals surface area contributed by atoms with Gasteiger partial charge in [-0.2, -0.15) is 0 Å². The molecule has 0 saturated carbocycles. The van der Waals surface area contributed by atoms with E-state index in [0.717, 1.165) is 24.3 Å². The summed E-state index contributed by atoms with van der Waals surface area (Å²) in [5.74, 6) is 0.764. The number of nitrogens with zero attached hydrogens (tertiary/aromatic N) is 1. The average Bonchev–Trinajstić information content (AvgIpc) is 2.56. The third-order valence-corrected chi connectivity index (χ3v) is 3.69. The molecule has 0 bridgehead atoms. The average molecular weight is 326 g/mol. The summed E-state index contributed by atoms with van der Waals surface area (Å²) in [6.07, 6.45) is 3.58. The van der Waals surface area contributed by atoms with E-state index in [-0.39, 0.29) is 12.1 Å². The second-order valence-electron chi connectivity index (χ2n) is 5.97. The number of carbonyl (C=O) groups is 1. The molecular weight excluding hydrogens is 300 g/mol. The van der Waals surface area contributed by atoms with E-state index in [1.807, 2.05) is 26.0 Å². The number of pyridine rings is 1. The summed E-state index contributed by atoms with van der Waals surface area (Å²) in [6, 6.07) is 9.94. The Morgan fingerprint density at radius 3 is 2.25 bits per heavy atom. The van der Waals surface area contributed by atoms with Crippen LogP contribution in [-0.4, -0.2) is 17.1 Å². The number of amides is 2. The van der Waals surface area contributed by atoms with Crippen molar-refractivity contribution in [2.45, 2.75) is 46.6 Å². The number of hydrogen-bond donors (Lipinski definition) is 3. The van der Waals surface area contributed by atoms with Gasteiger partial charge in [-0.1, -0.05) is 32.0 Å². The van der Waals surface area contributed by atoms with Crippen LogP contribution in [-0.2, 0) is 12.8 Å². The molecule has 0 fully saturated rings. The lowest BCUT2D eigenvalue weighted by Crippen LogP contribution is -2.34. The van der Waals surface area contributed by atoms with Gasteiger partial charge in [0, 0.05) is 11.7 Å². The molecule has 24 heavy (non-hydrogen) atoms. The Balaban J connectivity index is 2.11. The topological polar surface area (TPSA) is 66.0 Å². The highest BCUT2D eigenvalue weighted by Gasteiger charge is 2.08. The number of benzene rings is 1. The molecular formula is C19H26N4O. The minimum Gasteiger partial charge on any atom is -0.340 e. The number of para-hydroxylation sites is 1. The van der Waals surface area contributed by atoms with E-state index in [2.05, 4.69) is 53.0 Å². The number of urea groups is 1. The summed E-state index contributed by atoms with van der Waals surface area (Å²) in [7, 11) is 0. The van der Waals surface area contributed by atoms with Crippen molar-refractivity contribution in [1.82, 2.24) is 10.3 Å². The first-order valence-electron chi connectivity index (χ1n) is 8.44. The summed E-state index contributed by atoms with van der Waals surface area (Å²) in [5.41, 5.74) is 4.34. The van der Waals surface area contributed by atoms with Crippen molar-refractivity contribution in [3.63, 3.8) is 0 Å². The number of rotatable bonds is 6. The van der Waals surface area contributed by atoms with Crippen molar-refractivity contribution >= 4 is 23.2 Å². The van der Waals surface area contributed by atoms with Gasteiger partial charge in [0.05, 0.1) is 11.9 Å². The van der Waals surface area contributed by atoms with Gasteiger partial charge in [-0.15, -0.1) is 0 Å². The normalized spacial score (nSPS) is 10.5. The first-order valence-corrected chi connectivity index (χ1v) is 8.44. The Bertz CT molecular complexity index is 658. The van der Waals surface area contributed by atoms with Gasteiger partial charge < -0.3 is 16.0 Å². The first kappa shape index (κ1) is 17.8. The number of carbonyl (C=O) groups excluding carboxylic acids is 1. The predicted octanol–water partition coefficient (Wildman–Crippen LogP) is 4.48. The molecule has 128 valence electrons. The van der Waals surface area contributed by atoms with Crippen LogP contribution in [0, 0.1) is 0 Å². The zero-order valence-corrected chi connectivity index (χ0v) is 14.8. The molecule has 0 aliphatic heterocycles. The van der Waals surface area contributed by atoms with Crippen molar-refractivity contribution < 1.29 is 4.79 Å². The fraction of sp³-hybridized carbons (Fsp3) is 0.368. The van der Waals surface area contributed by atoms with Crippen LogP contribution in [0.15, 0.2) is 36.5 Å². The highest BCUT2D eigenvalue weighted by atomic mass is 16.2. The van der Waals surface area contributed by atoms with Crippen LogP contribution in [0.2, 0.25) is 0 Å². The second-order valence-corrected chi connectivity index (χ2v) is 5.97. The smallest absolute Gasteiger partial charge is 0.319 e. The molecule has 3 N–H and O–H groups in total. The monoisotopic (exact) mass is 326 g/mol. The minimum absolute atomic E-state index is 0.0944. The lowest BCUT2D eigenvalue weighted by atomic mass is 10.0. The molecule has 0 saturated heterocycles. The zero-order valence-electron chi connectivity index (χ0n) is 14.8. The molecule has 0 aliphatic rings. The largest absolute Gasteiger partial charge is 0.340 e. The van der Waals surface area contributed by atoms with Crippen LogP contribution in [0.1, 0.15) is 38.8 Å². The first-order chi connectivity index (χ1) is 11.5. The molecule has 2 amide bonds. The van der Waals surface area contributed by atoms with Gasteiger partial charge in [0.1, 0.15) is 5.82 Å². The molecule has 0 unspecified atom stereocenters. The van der Waals surface area contributed by atoms with Gasteiger partial charge in [-0.25, -0.2) is 9.78 Å². The van der Waals surface area contributed by atoms with Gasteiger partial charge in [0.25, 0.3) is 0 Å². The summed E-state index contributed by atoms with van der Waals surface area (Å²) in [5, 5.41) is 8.97. The maximum Gasteiger partial charge on any atom is 0.319 e. The van der Waals surface area contributed by atoms with Gasteiger partial charge >= 0.3 is 6.03 Å². The molecule has 0 atom stereocenters. The van der Waals surface area contributed by atoms with Crippen LogP contribution in [0.4, 0.5) is 22.0 Å². The molecule has 5 heteroatoms. The quantitative estimate of drug-likeness (QED) is 0.733. The fourth-order valence-corrected chi connectivity index (χ4v) is 2.50. The predicted molar refractivity (Wildman–Crippen MR) is 100 cm³/mol. The molecule has 1 aromatic carbocycles. The molecule has 1 aromatic heterocycles. The summed E-state index contributed by atoms with van der Waals surface area (Å²) in [6.45, 7) is 8.13. The van der Waals surface area contributed by atoms with Gasteiger partial charge in [0.2, 0.25) is 0 Å². The highest BCUT2D eigenvalue weighted by Crippen LogP contribution is 2.26. The second kappa shape index (κ2) is 8.34. The Hall–Kier alpha value is -2.56. The number of nitrogens with one attached hydrogen (secondary N) is 3. The number of hydrogen-bond acceptors (Lipinski definition) is 3. The van der Waals surface area contributed by atoms with E-state index >= 15 is 0 Å². The lowest BCUT2D eigenvalue weighted by Gasteiger charge is -2.15. The van der Waals surface area contributed by atoms with E-state index in [4.69, 9.17) is 0 Å². The number of anilines is 3. The lowest BCUT2D eigenvalue weighted by molar-refractivity contribution is 0.250. The van der Waals surface area contributed by atoms with Gasteiger partial charge in [-0.3, -0.25) is 0 Å². The van der Waals surface area contributed by atoms with Crippen LogP contribution < -0.4 is 16.0 Å². The molecule has 0 radical (unpaired) electrons. The molecule has 5 nitrogen and oxygen atoms in total. The Morgan fingerprint density at radius 2 is 1.75 bits per heavy atom. The van der Waals surface area contributed by atoms with Crippen LogP contribution in [0.5, 0.6) is 0 Å². The van der Waals surface area contributed by atoms with Crippen LogP contribution in [0.25, 0.3) is 0 Å². The molecule has 2 aromatic rings.